The molecular weight excluding hydrogens is 290 g/mol. The molecule has 0 aliphatic heterocycles. The number of thiazole rings is 1. The molecule has 0 amide bonds. The summed E-state index contributed by atoms with van der Waals surface area (Å²) < 4.78 is 31.9. The quantitative estimate of drug-likeness (QED) is 0.763. The minimum Gasteiger partial charge on any atom is -0.480 e. The first kappa shape index (κ1) is 13.8. The second-order valence-corrected chi connectivity index (χ2v) is 6.05. The van der Waals surface area contributed by atoms with Crippen LogP contribution in [0.15, 0.2) is 17.8 Å². The summed E-state index contributed by atoms with van der Waals surface area (Å²) in [6.07, 6.45) is 2.99. The average molecular weight is 301 g/mol. The summed E-state index contributed by atoms with van der Waals surface area (Å²) in [5, 5.41) is 2.24. The maximum atomic E-state index is 11.3. The first-order valence-corrected chi connectivity index (χ1v) is 7.59. The lowest BCUT2D eigenvalue weighted by molar-refractivity contribution is 0.396. The summed E-state index contributed by atoms with van der Waals surface area (Å²) in [6, 6.07) is 0. The van der Waals surface area contributed by atoms with Crippen molar-refractivity contribution in [1.82, 2.24) is 15.0 Å². The molecule has 0 N–H and O–H groups in total. The predicted molar refractivity (Wildman–Crippen MR) is 69.3 cm³/mol. The Balaban J connectivity index is 2.20. The summed E-state index contributed by atoms with van der Waals surface area (Å²) >= 11 is 1.29. The van der Waals surface area contributed by atoms with Gasteiger partial charge in [0.15, 0.2) is 0 Å². The Hall–Kier alpha value is -1.58. The Kier molecular flexibility index (Phi) is 4.08. The maximum Gasteiger partial charge on any atom is 0.272 e. The van der Waals surface area contributed by atoms with Crippen LogP contribution in [0.3, 0.4) is 0 Å². The van der Waals surface area contributed by atoms with Crippen LogP contribution < -0.4 is 4.74 Å². The van der Waals surface area contributed by atoms with Gasteiger partial charge in [0.1, 0.15) is 16.5 Å². The van der Waals surface area contributed by atoms with Crippen molar-refractivity contribution in [3.05, 3.63) is 23.5 Å². The highest BCUT2D eigenvalue weighted by Gasteiger charge is 2.14. The summed E-state index contributed by atoms with van der Waals surface area (Å²) in [4.78, 5) is 12.3. The third-order valence-corrected chi connectivity index (χ3v) is 4.26. The van der Waals surface area contributed by atoms with Gasteiger partial charge in [-0.15, -0.1) is 11.3 Å². The monoisotopic (exact) mass is 301 g/mol. The van der Waals surface area contributed by atoms with Crippen molar-refractivity contribution in [2.24, 2.45) is 0 Å². The van der Waals surface area contributed by atoms with Crippen molar-refractivity contribution < 1.29 is 17.3 Å². The van der Waals surface area contributed by atoms with Gasteiger partial charge in [-0.1, -0.05) is 0 Å². The van der Waals surface area contributed by atoms with Gasteiger partial charge in [-0.2, -0.15) is 8.42 Å². The molecule has 102 valence electrons. The van der Waals surface area contributed by atoms with Crippen molar-refractivity contribution in [3.63, 3.8) is 0 Å². The number of hydrogen-bond acceptors (Lipinski definition) is 8. The van der Waals surface area contributed by atoms with E-state index in [0.717, 1.165) is 7.11 Å². The molecule has 0 spiro atoms. The lowest BCUT2D eigenvalue weighted by Crippen LogP contribution is -2.05. The fraction of sp³-hybridized carbons (Fsp3) is 0.300. The van der Waals surface area contributed by atoms with E-state index in [1.54, 1.807) is 5.38 Å². The number of hydrogen-bond donors (Lipinski definition) is 0. The van der Waals surface area contributed by atoms with Crippen molar-refractivity contribution in [2.45, 2.75) is 5.75 Å². The highest BCUT2D eigenvalue weighted by Crippen LogP contribution is 2.23. The van der Waals surface area contributed by atoms with Gasteiger partial charge in [0.05, 0.1) is 32.3 Å². The van der Waals surface area contributed by atoms with E-state index in [-0.39, 0.29) is 5.75 Å². The third-order valence-electron chi connectivity index (χ3n) is 2.19. The lowest BCUT2D eigenvalue weighted by Gasteiger charge is -1.98. The molecule has 2 aromatic heterocycles. The topological polar surface area (TPSA) is 91.3 Å². The normalized spacial score (nSPS) is 11.5. The zero-order valence-corrected chi connectivity index (χ0v) is 11.9. The summed E-state index contributed by atoms with van der Waals surface area (Å²) in [5.74, 6) is 0.145. The molecule has 0 saturated heterocycles. The number of aromatic nitrogens is 3. The van der Waals surface area contributed by atoms with E-state index in [1.165, 1.54) is 30.8 Å². The lowest BCUT2D eigenvalue weighted by atomic mass is 10.4. The maximum absolute atomic E-state index is 11.3. The zero-order chi connectivity index (χ0) is 13.9. The van der Waals surface area contributed by atoms with Crippen molar-refractivity contribution in [3.8, 4) is 16.6 Å². The van der Waals surface area contributed by atoms with E-state index in [2.05, 4.69) is 19.1 Å². The summed E-state index contributed by atoms with van der Waals surface area (Å²) in [7, 11) is -0.941. The minimum atomic E-state index is -3.56. The van der Waals surface area contributed by atoms with Gasteiger partial charge in [-0.25, -0.2) is 15.0 Å². The second-order valence-electron chi connectivity index (χ2n) is 3.46. The van der Waals surface area contributed by atoms with Crippen molar-refractivity contribution in [2.75, 3.05) is 14.2 Å². The SMILES string of the molecule is COc1cnc(-c2nc(CS(=O)(=O)OC)cs2)cn1. The highest BCUT2D eigenvalue weighted by atomic mass is 32.2. The number of nitrogens with zero attached hydrogens (tertiary/aromatic N) is 3. The van der Waals surface area contributed by atoms with Gasteiger partial charge in [0.2, 0.25) is 5.88 Å². The Morgan fingerprint density at radius 2 is 2.05 bits per heavy atom. The van der Waals surface area contributed by atoms with Gasteiger partial charge in [0.25, 0.3) is 10.1 Å². The molecule has 7 nitrogen and oxygen atoms in total. The van der Waals surface area contributed by atoms with Crippen LogP contribution in [0.2, 0.25) is 0 Å². The van der Waals surface area contributed by atoms with Gasteiger partial charge in [0, 0.05) is 5.38 Å². The van der Waals surface area contributed by atoms with Crippen molar-refractivity contribution >= 4 is 21.5 Å². The molecule has 0 radical (unpaired) electrons. The van der Waals surface area contributed by atoms with E-state index >= 15 is 0 Å². The van der Waals surface area contributed by atoms with E-state index in [0.29, 0.717) is 22.3 Å². The molecule has 19 heavy (non-hydrogen) atoms. The van der Waals surface area contributed by atoms with Gasteiger partial charge in [-0.3, -0.25) is 4.18 Å². The molecule has 0 aliphatic rings. The highest BCUT2D eigenvalue weighted by molar-refractivity contribution is 7.85. The molecular formula is C10H11N3O4S2. The number of ether oxygens (including phenoxy) is 1. The number of rotatable bonds is 5. The van der Waals surface area contributed by atoms with Crippen LogP contribution in [-0.2, 0) is 20.1 Å². The van der Waals surface area contributed by atoms with E-state index in [1.807, 2.05) is 0 Å². The van der Waals surface area contributed by atoms with Crippen LogP contribution in [-0.4, -0.2) is 37.6 Å². The van der Waals surface area contributed by atoms with Gasteiger partial charge >= 0.3 is 0 Å². The van der Waals surface area contributed by atoms with E-state index in [4.69, 9.17) is 4.74 Å². The van der Waals surface area contributed by atoms with Crippen LogP contribution in [0.25, 0.3) is 10.7 Å². The molecule has 2 heterocycles. The summed E-state index contributed by atoms with van der Waals surface area (Å²) in [5.41, 5.74) is 0.978. The second kappa shape index (κ2) is 5.59. The Morgan fingerprint density at radius 3 is 2.63 bits per heavy atom. The number of methoxy groups -OCH3 is 1. The molecule has 0 atom stereocenters. The minimum absolute atomic E-state index is 0.260. The van der Waals surface area contributed by atoms with E-state index in [9.17, 15) is 8.42 Å². The molecule has 0 aromatic carbocycles. The molecule has 2 rings (SSSR count). The third kappa shape index (κ3) is 3.46. The van der Waals surface area contributed by atoms with Crippen LogP contribution in [0.1, 0.15) is 5.69 Å². The fourth-order valence-corrected chi connectivity index (χ4v) is 2.78. The van der Waals surface area contributed by atoms with Gasteiger partial charge in [-0.05, 0) is 0 Å². The first-order valence-electron chi connectivity index (χ1n) is 5.13. The zero-order valence-electron chi connectivity index (χ0n) is 10.2. The van der Waals surface area contributed by atoms with E-state index < -0.39 is 10.1 Å². The standard InChI is InChI=1S/C10H11N3O4S2/c1-16-9-4-11-8(3-12-9)10-13-7(5-18-10)6-19(14,15)17-2/h3-5H,6H2,1-2H3. The molecule has 0 bridgehead atoms. The first-order chi connectivity index (χ1) is 9.04. The van der Waals surface area contributed by atoms with Crippen LogP contribution >= 0.6 is 11.3 Å². The van der Waals surface area contributed by atoms with Crippen LogP contribution in [0.4, 0.5) is 0 Å². The largest absolute Gasteiger partial charge is 0.480 e. The summed E-state index contributed by atoms with van der Waals surface area (Å²) in [6.45, 7) is 0. The van der Waals surface area contributed by atoms with Crippen molar-refractivity contribution in [1.29, 1.82) is 0 Å². The Morgan fingerprint density at radius 1 is 1.26 bits per heavy atom. The molecule has 0 aliphatic carbocycles. The molecule has 0 fully saturated rings. The molecule has 2 aromatic rings. The average Bonchev–Trinajstić information content (AvgIpc) is 2.86. The Bertz CT molecular complexity index is 652. The molecule has 0 saturated carbocycles. The molecule has 0 unspecified atom stereocenters. The predicted octanol–water partition coefficient (Wildman–Crippen LogP) is 1.08. The van der Waals surface area contributed by atoms with Gasteiger partial charge < -0.3 is 4.74 Å². The Labute approximate surface area is 114 Å². The van der Waals surface area contributed by atoms with Crippen LogP contribution in [0.5, 0.6) is 5.88 Å². The molecule has 9 heteroatoms. The smallest absolute Gasteiger partial charge is 0.272 e. The van der Waals surface area contributed by atoms with Crippen LogP contribution in [0, 0.1) is 0 Å². The fourth-order valence-electron chi connectivity index (χ4n) is 1.26.